The Balaban J connectivity index is 1.59. The summed E-state index contributed by atoms with van der Waals surface area (Å²) in [4.78, 5) is 12.3. The zero-order chi connectivity index (χ0) is 20.5. The number of carbonyl (C=O) groups is 1. The summed E-state index contributed by atoms with van der Waals surface area (Å²) in [6.07, 6.45) is 0. The van der Waals surface area contributed by atoms with Gasteiger partial charge in [-0.25, -0.2) is 8.78 Å². The molecule has 1 saturated heterocycles. The predicted molar refractivity (Wildman–Crippen MR) is 103 cm³/mol. The minimum absolute atomic E-state index is 0.0645. The second kappa shape index (κ2) is 7.71. The predicted octanol–water partition coefficient (Wildman–Crippen LogP) is 3.98. The second-order valence-electron chi connectivity index (χ2n) is 6.56. The van der Waals surface area contributed by atoms with E-state index in [-0.39, 0.29) is 29.6 Å². The molecule has 1 amide bonds. The van der Waals surface area contributed by atoms with Crippen molar-refractivity contribution >= 4 is 23.3 Å². The van der Waals surface area contributed by atoms with Crippen molar-refractivity contribution in [1.29, 1.82) is 0 Å². The molecule has 0 saturated carbocycles. The Morgan fingerprint density at radius 3 is 2.55 bits per heavy atom. The lowest BCUT2D eigenvalue weighted by atomic mass is 9.92. The molecule has 2 aromatic carbocycles. The summed E-state index contributed by atoms with van der Waals surface area (Å²) in [5, 5.41) is 10.0. The molecule has 0 spiro atoms. The van der Waals surface area contributed by atoms with Crippen molar-refractivity contribution in [2.75, 3.05) is 19.0 Å². The lowest BCUT2D eigenvalue weighted by molar-refractivity contribution is -0.119. The van der Waals surface area contributed by atoms with Gasteiger partial charge in [0.25, 0.3) is 0 Å². The maximum atomic E-state index is 14.5. The van der Waals surface area contributed by atoms with Gasteiger partial charge in [0.05, 0.1) is 7.11 Å². The molecule has 6 nitrogen and oxygen atoms in total. The van der Waals surface area contributed by atoms with Crippen LogP contribution >= 0.6 is 11.6 Å². The van der Waals surface area contributed by atoms with Crippen LogP contribution in [0.1, 0.15) is 11.5 Å². The van der Waals surface area contributed by atoms with Gasteiger partial charge in [0.2, 0.25) is 5.91 Å². The summed E-state index contributed by atoms with van der Waals surface area (Å²) in [7, 11) is 1.32. The van der Waals surface area contributed by atoms with E-state index in [1.54, 1.807) is 30.3 Å². The Bertz CT molecular complexity index is 1030. The van der Waals surface area contributed by atoms with E-state index >= 15 is 0 Å². The molecule has 1 aliphatic rings. The molecule has 2 heterocycles. The fourth-order valence-corrected chi connectivity index (χ4v) is 3.47. The van der Waals surface area contributed by atoms with Crippen LogP contribution < -0.4 is 15.4 Å². The molecular weight excluding hydrogens is 404 g/mol. The van der Waals surface area contributed by atoms with Gasteiger partial charge in [-0.05, 0) is 24.3 Å². The Hall–Kier alpha value is -3.13. The van der Waals surface area contributed by atoms with Crippen LogP contribution in [0.4, 0.5) is 14.6 Å². The van der Waals surface area contributed by atoms with Gasteiger partial charge in [0.1, 0.15) is 23.4 Å². The molecule has 29 heavy (non-hydrogen) atoms. The van der Waals surface area contributed by atoms with Crippen molar-refractivity contribution in [1.82, 2.24) is 10.5 Å². The molecule has 0 bridgehead atoms. The Morgan fingerprint density at radius 2 is 1.90 bits per heavy atom. The molecule has 4 rings (SSSR count). The number of benzene rings is 2. The highest BCUT2D eigenvalue weighted by Crippen LogP contribution is 2.33. The van der Waals surface area contributed by atoms with E-state index in [2.05, 4.69) is 15.8 Å². The minimum atomic E-state index is -0.921. The topological polar surface area (TPSA) is 76.4 Å². The number of halogens is 3. The second-order valence-corrected chi connectivity index (χ2v) is 7.00. The summed E-state index contributed by atoms with van der Waals surface area (Å²) in [5.41, 5.74) is 0.553. The number of ether oxygens (including phenoxy) is 1. The van der Waals surface area contributed by atoms with Crippen molar-refractivity contribution < 1.29 is 22.8 Å². The first-order chi connectivity index (χ1) is 14.0. The molecule has 2 N–H and O–H groups in total. The summed E-state index contributed by atoms with van der Waals surface area (Å²) in [5.74, 6) is -1.93. The van der Waals surface area contributed by atoms with E-state index in [0.717, 1.165) is 17.7 Å². The molecule has 9 heteroatoms. The van der Waals surface area contributed by atoms with Crippen molar-refractivity contribution in [3.8, 4) is 17.1 Å². The monoisotopic (exact) mass is 419 g/mol. The van der Waals surface area contributed by atoms with Crippen molar-refractivity contribution in [2.24, 2.45) is 0 Å². The fourth-order valence-electron chi connectivity index (χ4n) is 3.34. The van der Waals surface area contributed by atoms with Gasteiger partial charge < -0.3 is 19.9 Å². The molecule has 2 atom stereocenters. The van der Waals surface area contributed by atoms with Crippen LogP contribution in [0.15, 0.2) is 47.0 Å². The van der Waals surface area contributed by atoms with Crippen LogP contribution in [0.3, 0.4) is 0 Å². The van der Waals surface area contributed by atoms with Crippen LogP contribution in [0.2, 0.25) is 5.02 Å². The summed E-state index contributed by atoms with van der Waals surface area (Å²) < 4.78 is 39.2. The number of anilines is 1. The van der Waals surface area contributed by atoms with Gasteiger partial charge in [-0.2, -0.15) is 0 Å². The fraction of sp³-hybridized carbons (Fsp3) is 0.200. The van der Waals surface area contributed by atoms with E-state index in [1.165, 1.54) is 7.11 Å². The zero-order valence-corrected chi connectivity index (χ0v) is 16.0. The SMILES string of the molecule is COc1cc(F)c([C@@H]2CNC(=O)[C@H]2Nc2cc(-c3ccc(Cl)cc3)on2)c(F)c1. The van der Waals surface area contributed by atoms with Gasteiger partial charge in [-0.3, -0.25) is 4.79 Å². The number of hydrogen-bond acceptors (Lipinski definition) is 5. The van der Waals surface area contributed by atoms with E-state index in [1.807, 2.05) is 0 Å². The largest absolute Gasteiger partial charge is 0.497 e. The average Bonchev–Trinajstić information content (AvgIpc) is 3.30. The van der Waals surface area contributed by atoms with E-state index in [9.17, 15) is 13.6 Å². The lowest BCUT2D eigenvalue weighted by Gasteiger charge is -2.19. The molecule has 0 aliphatic carbocycles. The highest BCUT2D eigenvalue weighted by atomic mass is 35.5. The van der Waals surface area contributed by atoms with E-state index in [0.29, 0.717) is 10.8 Å². The molecule has 1 fully saturated rings. The first kappa shape index (κ1) is 19.2. The van der Waals surface area contributed by atoms with Crippen LogP contribution in [0, 0.1) is 11.6 Å². The summed E-state index contributed by atoms with van der Waals surface area (Å²) in [6, 6.07) is 9.81. The minimum Gasteiger partial charge on any atom is -0.497 e. The lowest BCUT2D eigenvalue weighted by Crippen LogP contribution is -2.33. The van der Waals surface area contributed by atoms with Gasteiger partial charge in [-0.15, -0.1) is 0 Å². The highest BCUT2D eigenvalue weighted by molar-refractivity contribution is 6.30. The maximum Gasteiger partial charge on any atom is 0.243 e. The van der Waals surface area contributed by atoms with Gasteiger partial charge in [0, 0.05) is 46.8 Å². The molecule has 0 radical (unpaired) electrons. The van der Waals surface area contributed by atoms with Crippen molar-refractivity contribution in [3.05, 3.63) is 64.7 Å². The third-order valence-corrected chi connectivity index (χ3v) is 5.03. The van der Waals surface area contributed by atoms with E-state index < -0.39 is 23.6 Å². The quantitative estimate of drug-likeness (QED) is 0.654. The first-order valence-electron chi connectivity index (χ1n) is 8.76. The van der Waals surface area contributed by atoms with Gasteiger partial charge in [-0.1, -0.05) is 16.8 Å². The first-order valence-corrected chi connectivity index (χ1v) is 9.14. The van der Waals surface area contributed by atoms with Crippen LogP contribution in [-0.2, 0) is 4.79 Å². The Labute approximate surface area is 169 Å². The molecule has 0 unspecified atom stereocenters. The number of methoxy groups -OCH3 is 1. The van der Waals surface area contributed by atoms with Gasteiger partial charge >= 0.3 is 0 Å². The summed E-state index contributed by atoms with van der Waals surface area (Å²) >= 11 is 5.88. The molecule has 1 aliphatic heterocycles. The molecule has 3 aromatic rings. The maximum absolute atomic E-state index is 14.5. The van der Waals surface area contributed by atoms with E-state index in [4.69, 9.17) is 20.9 Å². The molecular formula is C20H16ClF2N3O3. The Kier molecular flexibility index (Phi) is 5.10. The number of rotatable bonds is 5. The van der Waals surface area contributed by atoms with Crippen LogP contribution in [-0.4, -0.2) is 30.8 Å². The zero-order valence-electron chi connectivity index (χ0n) is 15.2. The number of nitrogens with one attached hydrogen (secondary N) is 2. The third-order valence-electron chi connectivity index (χ3n) is 4.78. The average molecular weight is 420 g/mol. The third kappa shape index (κ3) is 3.75. The molecule has 1 aromatic heterocycles. The standard InChI is InChI=1S/C20H16ClF2N3O3/c1-28-12-6-14(22)18(15(23)7-12)13-9-24-20(27)19(13)25-17-8-16(29-26-17)10-2-4-11(21)5-3-10/h2-8,13,19H,9H2,1H3,(H,24,27)(H,25,26)/t13-,19-/m0/s1. The Morgan fingerprint density at radius 1 is 1.21 bits per heavy atom. The van der Waals surface area contributed by atoms with Crippen LogP contribution in [0.5, 0.6) is 5.75 Å². The number of amides is 1. The number of aromatic nitrogens is 1. The summed E-state index contributed by atoms with van der Waals surface area (Å²) in [6.45, 7) is 0.0819. The van der Waals surface area contributed by atoms with Crippen molar-refractivity contribution in [3.63, 3.8) is 0 Å². The molecule has 150 valence electrons. The number of carbonyl (C=O) groups excluding carboxylic acids is 1. The normalized spacial score (nSPS) is 18.6. The number of hydrogen-bond donors (Lipinski definition) is 2. The number of nitrogens with zero attached hydrogens (tertiary/aromatic N) is 1. The van der Waals surface area contributed by atoms with Gasteiger partial charge in [0.15, 0.2) is 11.6 Å². The van der Waals surface area contributed by atoms with Crippen molar-refractivity contribution in [2.45, 2.75) is 12.0 Å². The van der Waals surface area contributed by atoms with Crippen LogP contribution in [0.25, 0.3) is 11.3 Å². The highest BCUT2D eigenvalue weighted by Gasteiger charge is 2.39. The smallest absolute Gasteiger partial charge is 0.243 e.